The molecule has 0 N–H and O–H groups in total. The van der Waals surface area contributed by atoms with Gasteiger partial charge in [0.05, 0.1) is 6.61 Å². The highest BCUT2D eigenvalue weighted by molar-refractivity contribution is 5.31. The van der Waals surface area contributed by atoms with Crippen molar-refractivity contribution in [1.29, 1.82) is 0 Å². The molecule has 2 saturated heterocycles. The molecule has 162 valence electrons. The highest BCUT2D eigenvalue weighted by Crippen LogP contribution is 2.31. The number of hydrogen-bond donors (Lipinski definition) is 0. The molecule has 1 aromatic heterocycles. The van der Waals surface area contributed by atoms with Crippen molar-refractivity contribution in [3.05, 3.63) is 101 Å². The number of benzene rings is 1. The van der Waals surface area contributed by atoms with Gasteiger partial charge in [0, 0.05) is 37.9 Å². The number of ether oxygens (including phenoxy) is 1. The van der Waals surface area contributed by atoms with Gasteiger partial charge in [-0.25, -0.2) is 0 Å². The summed E-state index contributed by atoms with van der Waals surface area (Å²) in [4.78, 5) is 6.98. The van der Waals surface area contributed by atoms with E-state index in [1.165, 1.54) is 28.7 Å². The predicted molar refractivity (Wildman–Crippen MR) is 128 cm³/mol. The maximum Gasteiger partial charge on any atom is 0.122 e. The van der Waals surface area contributed by atoms with Crippen LogP contribution in [-0.4, -0.2) is 29.1 Å². The summed E-state index contributed by atoms with van der Waals surface area (Å²) in [5, 5.41) is 0. The van der Waals surface area contributed by atoms with Crippen LogP contribution in [0.5, 0.6) is 0 Å². The summed E-state index contributed by atoms with van der Waals surface area (Å²) in [5.41, 5.74) is 5.50. The van der Waals surface area contributed by atoms with Gasteiger partial charge in [0.25, 0.3) is 0 Å². The molecule has 0 aliphatic carbocycles. The van der Waals surface area contributed by atoms with Crippen LogP contribution < -0.4 is 0 Å². The summed E-state index contributed by atoms with van der Waals surface area (Å²) in [7, 11) is 0. The van der Waals surface area contributed by atoms with Gasteiger partial charge in [-0.05, 0) is 73.4 Å². The molecule has 0 saturated carbocycles. The monoisotopic (exact) mass is 414 g/mol. The maximum absolute atomic E-state index is 5.73. The van der Waals surface area contributed by atoms with Crippen molar-refractivity contribution in [1.82, 2.24) is 9.88 Å². The lowest BCUT2D eigenvalue weighted by molar-refractivity contribution is 0.240. The van der Waals surface area contributed by atoms with E-state index < -0.39 is 0 Å². The van der Waals surface area contributed by atoms with Crippen LogP contribution in [0.2, 0.25) is 0 Å². The molecule has 3 heterocycles. The van der Waals surface area contributed by atoms with Crippen LogP contribution in [0, 0.1) is 12.8 Å². The van der Waals surface area contributed by atoms with Crippen molar-refractivity contribution in [2.45, 2.75) is 52.1 Å². The van der Waals surface area contributed by atoms with Crippen LogP contribution in [0.4, 0.5) is 0 Å². The minimum absolute atomic E-state index is 0.575. The molecule has 2 atom stereocenters. The third kappa shape index (κ3) is 5.74. The Hall–Kier alpha value is -2.65. The van der Waals surface area contributed by atoms with E-state index in [9.17, 15) is 0 Å². The summed E-state index contributed by atoms with van der Waals surface area (Å²) >= 11 is 0. The molecule has 4 rings (SSSR count). The summed E-state index contributed by atoms with van der Waals surface area (Å²) in [6, 6.07) is 13.6. The topological polar surface area (TPSA) is 25.4 Å². The summed E-state index contributed by atoms with van der Waals surface area (Å²) in [5.74, 6) is 1.73. The van der Waals surface area contributed by atoms with Crippen LogP contribution >= 0.6 is 0 Å². The van der Waals surface area contributed by atoms with Crippen molar-refractivity contribution < 1.29 is 4.74 Å². The summed E-state index contributed by atoms with van der Waals surface area (Å²) < 4.78 is 5.73. The van der Waals surface area contributed by atoms with Crippen LogP contribution in [0.15, 0.2) is 84.4 Å². The Kier molecular flexibility index (Phi) is 7.37. The Morgan fingerprint density at radius 2 is 2.10 bits per heavy atom. The molecule has 3 heteroatoms. The average molecular weight is 415 g/mol. The lowest BCUT2D eigenvalue weighted by Crippen LogP contribution is -2.31. The van der Waals surface area contributed by atoms with E-state index in [-0.39, 0.29) is 0 Å². The molecule has 0 bridgehead atoms. The zero-order valence-corrected chi connectivity index (χ0v) is 18.8. The normalized spacial score (nSPS) is 24.5. The van der Waals surface area contributed by atoms with Gasteiger partial charge in [-0.3, -0.25) is 9.88 Å². The molecular weight excluding hydrogens is 380 g/mol. The average Bonchev–Trinajstić information content (AvgIpc) is 3.40. The van der Waals surface area contributed by atoms with Crippen LogP contribution in [0.1, 0.15) is 42.9 Å². The van der Waals surface area contributed by atoms with Crippen molar-refractivity contribution in [2.75, 3.05) is 13.2 Å². The van der Waals surface area contributed by atoms with E-state index >= 15 is 0 Å². The molecule has 31 heavy (non-hydrogen) atoms. The van der Waals surface area contributed by atoms with Gasteiger partial charge in [0.1, 0.15) is 5.76 Å². The number of pyridine rings is 1. The third-order valence-corrected chi connectivity index (χ3v) is 6.59. The van der Waals surface area contributed by atoms with Crippen molar-refractivity contribution >= 4 is 0 Å². The number of aromatic nitrogens is 1. The predicted octanol–water partition coefficient (Wildman–Crippen LogP) is 6.02. The van der Waals surface area contributed by atoms with Crippen molar-refractivity contribution in [3.63, 3.8) is 0 Å². The summed E-state index contributed by atoms with van der Waals surface area (Å²) in [6.45, 7) is 7.25. The quantitative estimate of drug-likeness (QED) is 0.554. The maximum atomic E-state index is 5.73. The molecule has 0 amide bonds. The molecule has 2 aliphatic heterocycles. The number of nitrogens with zero attached hydrogens (tertiary/aromatic N) is 2. The van der Waals surface area contributed by atoms with Crippen LogP contribution in [0.3, 0.4) is 0 Å². The zero-order valence-electron chi connectivity index (χ0n) is 18.8. The molecule has 0 spiro atoms. The highest BCUT2D eigenvalue weighted by Gasteiger charge is 2.31. The van der Waals surface area contributed by atoms with Crippen LogP contribution in [-0.2, 0) is 17.7 Å². The van der Waals surface area contributed by atoms with Crippen LogP contribution in [0.25, 0.3) is 0 Å². The second kappa shape index (κ2) is 10.6. The van der Waals surface area contributed by atoms with Gasteiger partial charge in [-0.2, -0.15) is 0 Å². The number of allylic oxidation sites excluding steroid dienone is 5. The van der Waals surface area contributed by atoms with E-state index in [0.717, 1.165) is 44.7 Å². The summed E-state index contributed by atoms with van der Waals surface area (Å²) in [6.07, 6.45) is 17.2. The fraction of sp³-hybridized carbons (Fsp3) is 0.393. The molecule has 1 aromatic carbocycles. The molecule has 0 radical (unpaired) electrons. The van der Waals surface area contributed by atoms with E-state index in [0.29, 0.717) is 12.0 Å². The van der Waals surface area contributed by atoms with E-state index in [1.54, 1.807) is 0 Å². The first-order valence-electron chi connectivity index (χ1n) is 11.6. The van der Waals surface area contributed by atoms with Gasteiger partial charge < -0.3 is 4.74 Å². The first-order chi connectivity index (χ1) is 15.2. The molecule has 2 aliphatic rings. The van der Waals surface area contributed by atoms with Gasteiger partial charge in [0.2, 0.25) is 0 Å². The molecular formula is C28H34N2O. The second-order valence-corrected chi connectivity index (χ2v) is 8.78. The Labute approximate surface area is 187 Å². The largest absolute Gasteiger partial charge is 0.493 e. The van der Waals surface area contributed by atoms with Gasteiger partial charge in [-0.15, -0.1) is 0 Å². The molecule has 2 fully saturated rings. The fourth-order valence-corrected chi connectivity index (χ4v) is 4.84. The molecule has 2 aromatic rings. The van der Waals surface area contributed by atoms with Gasteiger partial charge in [-0.1, -0.05) is 48.6 Å². The minimum Gasteiger partial charge on any atom is -0.493 e. The van der Waals surface area contributed by atoms with Gasteiger partial charge >= 0.3 is 0 Å². The zero-order chi connectivity index (χ0) is 21.5. The first-order valence-corrected chi connectivity index (χ1v) is 11.6. The lowest BCUT2D eigenvalue weighted by atomic mass is 9.95. The van der Waals surface area contributed by atoms with Gasteiger partial charge in [0.15, 0.2) is 0 Å². The third-order valence-electron chi connectivity index (χ3n) is 6.59. The van der Waals surface area contributed by atoms with E-state index in [4.69, 9.17) is 4.74 Å². The second-order valence-electron chi connectivity index (χ2n) is 8.78. The van der Waals surface area contributed by atoms with Crippen molar-refractivity contribution in [2.24, 2.45) is 5.92 Å². The first kappa shape index (κ1) is 21.6. The smallest absolute Gasteiger partial charge is 0.122 e. The number of likely N-dealkylation sites (tertiary alicyclic amines) is 1. The highest BCUT2D eigenvalue weighted by atomic mass is 16.5. The Morgan fingerprint density at radius 1 is 1.19 bits per heavy atom. The molecule has 2 unspecified atom stereocenters. The van der Waals surface area contributed by atoms with Crippen molar-refractivity contribution in [3.8, 4) is 0 Å². The standard InChI is InChI=1S/C28H34N2O/c1-3-25-14-16-31-28(25)13-7-5-10-23-17-27(18-26-12-6-4-9-22(26)2)30(20-23)21-24-11-8-15-29-19-24/h3-9,11-13,15,19,23,27H,10,14,16-18,20-21H2,1-2H3/b7-5+,25-3-,28-13+. The fourth-order valence-electron chi connectivity index (χ4n) is 4.84. The molecule has 3 nitrogen and oxygen atoms in total. The Bertz CT molecular complexity index is 944. The van der Waals surface area contributed by atoms with E-state index in [2.05, 4.69) is 78.4 Å². The van der Waals surface area contributed by atoms with E-state index in [1.807, 2.05) is 18.5 Å². The number of rotatable bonds is 7. The number of hydrogen-bond acceptors (Lipinski definition) is 3. The Morgan fingerprint density at radius 3 is 2.90 bits per heavy atom. The Balaban J connectivity index is 1.41. The lowest BCUT2D eigenvalue weighted by Gasteiger charge is -2.25. The number of aryl methyl sites for hydroxylation is 1. The minimum atomic E-state index is 0.575. The SMILES string of the molecule is C/C=C1/CCO/C1=C/C=C/CC1CC(Cc2ccccc2C)N(Cc2cccnc2)C1.